The molecule has 0 amide bonds. The lowest BCUT2D eigenvalue weighted by atomic mass is 9.78. The molecule has 1 nitrogen and oxygen atoms in total. The minimum Gasteiger partial charge on any atom is -0.247 e. The Bertz CT molecular complexity index is 2060. The van der Waals surface area contributed by atoms with Crippen LogP contribution in [0.1, 0.15) is 25.0 Å². The number of hydrogen-bond acceptors (Lipinski definition) is 1. The average Bonchev–Trinajstić information content (AvgIpc) is 3.30. The number of hydrogen-bond donors (Lipinski definition) is 0. The summed E-state index contributed by atoms with van der Waals surface area (Å²) in [6, 6.07) is 54.8. The van der Waals surface area contributed by atoms with Crippen LogP contribution in [-0.4, -0.2) is 4.98 Å². The molecular weight excluding hydrogens is 518 g/mol. The number of para-hydroxylation sites is 1. The van der Waals surface area contributed by atoms with E-state index in [0.717, 1.165) is 11.2 Å². The van der Waals surface area contributed by atoms with Crippen molar-refractivity contribution in [1.82, 2.24) is 4.98 Å². The first kappa shape index (κ1) is 25.4. The molecule has 1 aromatic heterocycles. The number of nitrogens with zero attached hydrogens (tertiary/aromatic N) is 1. The van der Waals surface area contributed by atoms with Gasteiger partial charge in [-0.15, -0.1) is 0 Å². The lowest BCUT2D eigenvalue weighted by Crippen LogP contribution is -2.16. The molecule has 8 rings (SSSR count). The molecule has 43 heavy (non-hydrogen) atoms. The normalized spacial score (nSPS) is 13.1. The highest BCUT2D eigenvalue weighted by atomic mass is 14.7. The molecule has 204 valence electrons. The molecule has 1 heterocycles. The summed E-state index contributed by atoms with van der Waals surface area (Å²) >= 11 is 0. The molecule has 0 spiro atoms. The van der Waals surface area contributed by atoms with E-state index in [4.69, 9.17) is 4.98 Å². The molecular formula is C42H31N. The minimum absolute atomic E-state index is 0.147. The number of rotatable bonds is 4. The van der Waals surface area contributed by atoms with Crippen LogP contribution in [0.2, 0.25) is 0 Å². The molecule has 0 bridgehead atoms. The zero-order valence-corrected chi connectivity index (χ0v) is 24.4. The summed E-state index contributed by atoms with van der Waals surface area (Å²) in [5.74, 6) is 0. The topological polar surface area (TPSA) is 12.9 Å². The largest absolute Gasteiger partial charge is 0.247 e. The van der Waals surface area contributed by atoms with Crippen molar-refractivity contribution in [3.8, 4) is 55.8 Å². The Morgan fingerprint density at radius 2 is 0.930 bits per heavy atom. The fourth-order valence-corrected chi connectivity index (χ4v) is 6.90. The van der Waals surface area contributed by atoms with Crippen molar-refractivity contribution in [1.29, 1.82) is 0 Å². The van der Waals surface area contributed by atoms with Crippen LogP contribution in [0.5, 0.6) is 0 Å². The first-order chi connectivity index (χ1) is 21.1. The molecule has 0 aliphatic heterocycles. The quantitative estimate of drug-likeness (QED) is 0.213. The molecule has 0 radical (unpaired) electrons. The van der Waals surface area contributed by atoms with E-state index in [9.17, 15) is 0 Å². The van der Waals surface area contributed by atoms with Crippen LogP contribution in [0.25, 0.3) is 66.7 Å². The van der Waals surface area contributed by atoms with Crippen molar-refractivity contribution < 1.29 is 0 Å². The summed E-state index contributed by atoms with van der Waals surface area (Å²) < 4.78 is 0. The van der Waals surface area contributed by atoms with Crippen LogP contribution in [0.3, 0.4) is 0 Å². The molecule has 1 heteroatoms. The fraction of sp³-hybridized carbons (Fsp3) is 0.0714. The molecule has 0 unspecified atom stereocenters. The molecule has 6 aromatic carbocycles. The third-order valence-corrected chi connectivity index (χ3v) is 9.03. The third-order valence-electron chi connectivity index (χ3n) is 9.03. The van der Waals surface area contributed by atoms with Crippen LogP contribution >= 0.6 is 0 Å². The number of pyridine rings is 1. The van der Waals surface area contributed by atoms with Gasteiger partial charge in [-0.2, -0.15) is 0 Å². The molecule has 1 aliphatic carbocycles. The maximum Gasteiger partial charge on any atom is 0.0759 e. The fourth-order valence-electron chi connectivity index (χ4n) is 6.90. The Labute approximate surface area is 253 Å². The highest BCUT2D eigenvalue weighted by Crippen LogP contribution is 2.53. The summed E-state index contributed by atoms with van der Waals surface area (Å²) in [4.78, 5) is 5.22. The van der Waals surface area contributed by atoms with Gasteiger partial charge in [0.25, 0.3) is 0 Å². The minimum atomic E-state index is -0.147. The van der Waals surface area contributed by atoms with Crippen molar-refractivity contribution in [2.45, 2.75) is 19.3 Å². The SMILES string of the molecule is CC1(C)c2ccccc2-c2nc3ccccc3c(-c3ccc(-c4cc(-c5ccccc5)cc(-c5ccccc5)c4)cc3)c21. The van der Waals surface area contributed by atoms with Crippen molar-refractivity contribution in [2.75, 3.05) is 0 Å². The Morgan fingerprint density at radius 3 is 1.56 bits per heavy atom. The van der Waals surface area contributed by atoms with Crippen molar-refractivity contribution in [2.24, 2.45) is 0 Å². The van der Waals surface area contributed by atoms with E-state index < -0.39 is 0 Å². The van der Waals surface area contributed by atoms with Gasteiger partial charge in [-0.1, -0.05) is 141 Å². The summed E-state index contributed by atoms with van der Waals surface area (Å²) in [5.41, 5.74) is 15.7. The van der Waals surface area contributed by atoms with Gasteiger partial charge in [0, 0.05) is 16.4 Å². The molecule has 0 saturated carbocycles. The number of benzene rings is 6. The second kappa shape index (κ2) is 9.93. The van der Waals surface area contributed by atoms with Crippen molar-refractivity contribution >= 4 is 10.9 Å². The predicted molar refractivity (Wildman–Crippen MR) is 181 cm³/mol. The summed E-state index contributed by atoms with van der Waals surface area (Å²) in [5, 5.41) is 1.20. The number of aromatic nitrogens is 1. The second-order valence-electron chi connectivity index (χ2n) is 12.0. The zero-order chi connectivity index (χ0) is 29.0. The van der Waals surface area contributed by atoms with Crippen LogP contribution < -0.4 is 0 Å². The van der Waals surface area contributed by atoms with E-state index in [1.807, 2.05) is 0 Å². The number of fused-ring (bicyclic) bond motifs is 4. The van der Waals surface area contributed by atoms with Crippen LogP contribution in [0.4, 0.5) is 0 Å². The first-order valence-corrected chi connectivity index (χ1v) is 15.0. The van der Waals surface area contributed by atoms with E-state index in [2.05, 4.69) is 166 Å². The zero-order valence-electron chi connectivity index (χ0n) is 24.4. The lowest BCUT2D eigenvalue weighted by molar-refractivity contribution is 0.662. The highest BCUT2D eigenvalue weighted by Gasteiger charge is 2.39. The first-order valence-electron chi connectivity index (χ1n) is 15.0. The van der Waals surface area contributed by atoms with Gasteiger partial charge in [0.1, 0.15) is 0 Å². The summed E-state index contributed by atoms with van der Waals surface area (Å²) in [6.45, 7) is 4.68. The van der Waals surface area contributed by atoms with E-state index in [1.165, 1.54) is 66.6 Å². The monoisotopic (exact) mass is 549 g/mol. The molecule has 7 aromatic rings. The summed E-state index contributed by atoms with van der Waals surface area (Å²) in [7, 11) is 0. The van der Waals surface area contributed by atoms with Crippen molar-refractivity contribution in [3.05, 3.63) is 163 Å². The van der Waals surface area contributed by atoms with Gasteiger partial charge in [0.05, 0.1) is 11.2 Å². The van der Waals surface area contributed by atoms with E-state index in [0.29, 0.717) is 0 Å². The maximum atomic E-state index is 5.22. The highest BCUT2D eigenvalue weighted by molar-refractivity contribution is 6.02. The van der Waals surface area contributed by atoms with E-state index in [-0.39, 0.29) is 5.41 Å². The van der Waals surface area contributed by atoms with Gasteiger partial charge < -0.3 is 0 Å². The summed E-state index contributed by atoms with van der Waals surface area (Å²) in [6.07, 6.45) is 0. The lowest BCUT2D eigenvalue weighted by Gasteiger charge is -2.25. The maximum absolute atomic E-state index is 5.22. The van der Waals surface area contributed by atoms with Gasteiger partial charge in [-0.25, -0.2) is 4.98 Å². The van der Waals surface area contributed by atoms with Crippen LogP contribution in [0, 0.1) is 0 Å². The Hall–Kier alpha value is -5.27. The molecule has 0 N–H and O–H groups in total. The Balaban J connectivity index is 1.30. The van der Waals surface area contributed by atoms with E-state index in [1.54, 1.807) is 0 Å². The van der Waals surface area contributed by atoms with Gasteiger partial charge in [0.2, 0.25) is 0 Å². The van der Waals surface area contributed by atoms with Crippen LogP contribution in [-0.2, 0) is 5.41 Å². The smallest absolute Gasteiger partial charge is 0.0759 e. The van der Waals surface area contributed by atoms with Gasteiger partial charge >= 0.3 is 0 Å². The molecule has 0 atom stereocenters. The standard InChI is InChI=1S/C42H31N/c1-42(2)37-19-11-9-17-35(37)41-40(42)39(36-18-10-12-20-38(36)43-41)31-23-21-30(22-24-31)34-26-32(28-13-5-3-6-14-28)25-33(27-34)29-15-7-4-8-16-29/h3-27H,1-2H3. The Kier molecular flexibility index (Phi) is 5.87. The Morgan fingerprint density at radius 1 is 0.442 bits per heavy atom. The molecule has 0 saturated heterocycles. The molecule has 0 fully saturated rings. The van der Waals surface area contributed by atoms with Gasteiger partial charge in [-0.3, -0.25) is 0 Å². The van der Waals surface area contributed by atoms with Gasteiger partial charge in [0.15, 0.2) is 0 Å². The molecule has 1 aliphatic rings. The third kappa shape index (κ3) is 4.20. The van der Waals surface area contributed by atoms with Gasteiger partial charge in [-0.05, 0) is 79.9 Å². The van der Waals surface area contributed by atoms with Crippen LogP contribution in [0.15, 0.2) is 152 Å². The average molecular weight is 550 g/mol. The van der Waals surface area contributed by atoms with Crippen molar-refractivity contribution in [3.63, 3.8) is 0 Å². The predicted octanol–water partition coefficient (Wildman–Crippen LogP) is 11.2. The van der Waals surface area contributed by atoms with E-state index >= 15 is 0 Å². The second-order valence-corrected chi connectivity index (χ2v) is 12.0.